The van der Waals surface area contributed by atoms with Gasteiger partial charge in [-0.2, -0.15) is 0 Å². The fourth-order valence-corrected chi connectivity index (χ4v) is 3.66. The minimum atomic E-state index is -0.988. The van der Waals surface area contributed by atoms with E-state index in [0.717, 1.165) is 12.1 Å². The lowest BCUT2D eigenvalue weighted by atomic mass is 10.1. The Balaban J connectivity index is 1.87. The fourth-order valence-electron chi connectivity index (χ4n) is 2.83. The molecule has 0 aliphatic rings. The normalized spacial score (nSPS) is 10.5. The van der Waals surface area contributed by atoms with Crippen LogP contribution in [0.4, 0.5) is 13.9 Å². The summed E-state index contributed by atoms with van der Waals surface area (Å²) in [6.07, 6.45) is 0. The van der Waals surface area contributed by atoms with Crippen molar-refractivity contribution in [1.82, 2.24) is 4.98 Å². The average Bonchev–Trinajstić information content (AvgIpc) is 3.13. The maximum Gasteiger partial charge on any atom is 0.257 e. The summed E-state index contributed by atoms with van der Waals surface area (Å²) in [5, 5.41) is 2.93. The van der Waals surface area contributed by atoms with Crippen molar-refractivity contribution in [3.05, 3.63) is 52.4 Å². The summed E-state index contributed by atoms with van der Waals surface area (Å²) in [5.41, 5.74) is 6.09. The van der Waals surface area contributed by atoms with Gasteiger partial charge < -0.3 is 19.9 Å². The van der Waals surface area contributed by atoms with Gasteiger partial charge in [-0.05, 0) is 37.3 Å². The van der Waals surface area contributed by atoms with Crippen molar-refractivity contribution in [3.63, 3.8) is 0 Å². The van der Waals surface area contributed by atoms with Crippen LogP contribution < -0.4 is 25.3 Å². The van der Waals surface area contributed by atoms with E-state index in [2.05, 4.69) is 10.3 Å². The molecule has 0 spiro atoms. The summed E-state index contributed by atoms with van der Waals surface area (Å²) in [7, 11) is 2.73. The van der Waals surface area contributed by atoms with Gasteiger partial charge in [-0.1, -0.05) is 0 Å². The molecule has 0 unspecified atom stereocenters. The number of methoxy groups -OCH3 is 2. The number of rotatable bonds is 8. The van der Waals surface area contributed by atoms with Crippen LogP contribution in [0.25, 0.3) is 11.3 Å². The van der Waals surface area contributed by atoms with Gasteiger partial charge in [-0.25, -0.2) is 13.8 Å². The molecule has 0 aliphatic carbocycles. The lowest BCUT2D eigenvalue weighted by molar-refractivity contribution is -0.120. The lowest BCUT2D eigenvalue weighted by Crippen LogP contribution is -2.20. The minimum Gasteiger partial charge on any atom is -0.493 e. The van der Waals surface area contributed by atoms with E-state index in [9.17, 15) is 18.4 Å². The first-order valence-electron chi connectivity index (χ1n) is 9.14. The molecule has 2 aromatic carbocycles. The molecule has 2 amide bonds. The largest absolute Gasteiger partial charge is 0.493 e. The Labute approximate surface area is 185 Å². The monoisotopic (exact) mass is 463 g/mol. The highest BCUT2D eigenvalue weighted by Gasteiger charge is 2.20. The van der Waals surface area contributed by atoms with Gasteiger partial charge in [0.05, 0.1) is 19.9 Å². The van der Waals surface area contributed by atoms with Crippen LogP contribution in [0, 0.1) is 18.6 Å². The highest BCUT2D eigenvalue weighted by atomic mass is 32.1. The van der Waals surface area contributed by atoms with Crippen LogP contribution in [0.3, 0.4) is 0 Å². The van der Waals surface area contributed by atoms with Gasteiger partial charge >= 0.3 is 0 Å². The second-order valence-corrected chi connectivity index (χ2v) is 7.67. The van der Waals surface area contributed by atoms with Crippen molar-refractivity contribution in [2.24, 2.45) is 5.73 Å². The SMILES string of the molecule is COc1cc(C(=O)Nc2nc(-c3ccc(F)c(F)c3)c(C)s2)cc(OC)c1OCC(N)=O. The number of carbonyl (C=O) groups is 2. The highest BCUT2D eigenvalue weighted by molar-refractivity contribution is 7.16. The van der Waals surface area contributed by atoms with E-state index in [-0.39, 0.29) is 27.9 Å². The number of primary amides is 1. The number of nitrogens with one attached hydrogen (secondary N) is 1. The molecule has 0 fully saturated rings. The van der Waals surface area contributed by atoms with Crippen LogP contribution in [0.15, 0.2) is 30.3 Å². The maximum absolute atomic E-state index is 13.6. The third kappa shape index (κ3) is 4.94. The van der Waals surface area contributed by atoms with Crippen molar-refractivity contribution >= 4 is 28.3 Å². The molecule has 1 aromatic heterocycles. The second-order valence-electron chi connectivity index (χ2n) is 6.47. The Bertz CT molecular complexity index is 1160. The minimum absolute atomic E-state index is 0.121. The number of carbonyl (C=O) groups excluding carboxylic acids is 2. The lowest BCUT2D eigenvalue weighted by Gasteiger charge is -2.15. The number of anilines is 1. The number of aryl methyl sites for hydroxylation is 1. The van der Waals surface area contributed by atoms with Crippen LogP contribution >= 0.6 is 11.3 Å². The van der Waals surface area contributed by atoms with Crippen LogP contribution in [0.1, 0.15) is 15.2 Å². The summed E-state index contributed by atoms with van der Waals surface area (Å²) in [6.45, 7) is 1.35. The van der Waals surface area contributed by atoms with Gasteiger partial charge in [-0.3, -0.25) is 14.9 Å². The molecule has 3 rings (SSSR count). The van der Waals surface area contributed by atoms with Crippen LogP contribution in [0.5, 0.6) is 17.2 Å². The predicted molar refractivity (Wildman–Crippen MR) is 114 cm³/mol. The first kappa shape index (κ1) is 22.9. The number of aromatic nitrogens is 1. The van der Waals surface area contributed by atoms with E-state index in [1.54, 1.807) is 6.92 Å². The summed E-state index contributed by atoms with van der Waals surface area (Å²) in [5.74, 6) is -2.71. The molecule has 0 saturated heterocycles. The number of ether oxygens (including phenoxy) is 3. The molecule has 3 aromatic rings. The van der Waals surface area contributed by atoms with E-state index >= 15 is 0 Å². The number of nitrogens with zero attached hydrogens (tertiary/aromatic N) is 1. The van der Waals surface area contributed by atoms with Gasteiger partial charge in [0.15, 0.2) is 34.9 Å². The van der Waals surface area contributed by atoms with Gasteiger partial charge in [0.1, 0.15) is 0 Å². The zero-order valence-electron chi connectivity index (χ0n) is 17.3. The van der Waals surface area contributed by atoms with Gasteiger partial charge in [-0.15, -0.1) is 11.3 Å². The fraction of sp³-hybridized carbons (Fsp3) is 0.190. The Morgan fingerprint density at radius 2 is 1.75 bits per heavy atom. The van der Waals surface area contributed by atoms with Crippen LogP contribution in [-0.4, -0.2) is 37.6 Å². The van der Waals surface area contributed by atoms with Crippen molar-refractivity contribution in [2.75, 3.05) is 26.1 Å². The Morgan fingerprint density at radius 3 is 2.31 bits per heavy atom. The molecule has 3 N–H and O–H groups in total. The molecule has 0 atom stereocenters. The molecule has 168 valence electrons. The van der Waals surface area contributed by atoms with Crippen LogP contribution in [-0.2, 0) is 4.79 Å². The number of amides is 2. The molecule has 32 heavy (non-hydrogen) atoms. The first-order valence-corrected chi connectivity index (χ1v) is 9.96. The molecule has 0 radical (unpaired) electrons. The van der Waals surface area contributed by atoms with Gasteiger partial charge in [0, 0.05) is 16.0 Å². The Hall–Kier alpha value is -3.73. The van der Waals surface area contributed by atoms with Crippen molar-refractivity contribution in [1.29, 1.82) is 0 Å². The molecule has 1 heterocycles. The molecular weight excluding hydrogens is 444 g/mol. The molecular formula is C21H19F2N3O5S. The summed E-state index contributed by atoms with van der Waals surface area (Å²) in [6, 6.07) is 6.29. The van der Waals surface area contributed by atoms with Crippen molar-refractivity contribution < 1.29 is 32.6 Å². The number of thiazole rings is 1. The van der Waals surface area contributed by atoms with Gasteiger partial charge in [0.2, 0.25) is 5.75 Å². The molecule has 11 heteroatoms. The molecule has 0 bridgehead atoms. The Kier molecular flexibility index (Phi) is 6.89. The standard InChI is InChI=1S/C21H19F2N3O5S/c1-10-18(11-4-5-13(22)14(23)6-11)25-21(32-10)26-20(28)12-7-15(29-2)19(16(8-12)30-3)31-9-17(24)27/h4-8H,9H2,1-3H3,(H2,24,27)(H,25,26,28). The van der Waals surface area contributed by atoms with E-state index in [4.69, 9.17) is 19.9 Å². The average molecular weight is 463 g/mol. The number of nitrogens with two attached hydrogens (primary N) is 1. The Morgan fingerprint density at radius 1 is 1.09 bits per heavy atom. The number of benzene rings is 2. The van der Waals surface area contributed by atoms with Gasteiger partial charge in [0.25, 0.3) is 11.8 Å². The number of hydrogen-bond acceptors (Lipinski definition) is 7. The predicted octanol–water partition coefficient (Wildman–Crippen LogP) is 3.53. The number of hydrogen-bond donors (Lipinski definition) is 2. The zero-order valence-corrected chi connectivity index (χ0v) is 18.1. The quantitative estimate of drug-likeness (QED) is 0.529. The summed E-state index contributed by atoms with van der Waals surface area (Å²) >= 11 is 1.18. The van der Waals surface area contributed by atoms with E-state index in [1.807, 2.05) is 0 Å². The smallest absolute Gasteiger partial charge is 0.257 e. The van der Waals surface area contributed by atoms with E-state index in [1.165, 1.54) is 43.8 Å². The topological polar surface area (TPSA) is 113 Å². The second kappa shape index (κ2) is 9.60. The number of halogens is 2. The summed E-state index contributed by atoms with van der Waals surface area (Å²) in [4.78, 5) is 28.9. The maximum atomic E-state index is 13.6. The molecule has 8 nitrogen and oxygen atoms in total. The highest BCUT2D eigenvalue weighted by Crippen LogP contribution is 2.39. The third-order valence-electron chi connectivity index (χ3n) is 4.29. The van der Waals surface area contributed by atoms with Crippen molar-refractivity contribution in [3.8, 4) is 28.5 Å². The van der Waals surface area contributed by atoms with E-state index in [0.29, 0.717) is 16.1 Å². The van der Waals surface area contributed by atoms with Crippen LogP contribution in [0.2, 0.25) is 0 Å². The first-order chi connectivity index (χ1) is 15.2. The van der Waals surface area contributed by atoms with Crippen molar-refractivity contribution in [2.45, 2.75) is 6.92 Å². The third-order valence-corrected chi connectivity index (χ3v) is 5.18. The zero-order chi connectivity index (χ0) is 23.4. The summed E-state index contributed by atoms with van der Waals surface area (Å²) < 4.78 is 42.6. The molecule has 0 aliphatic heterocycles. The molecule has 0 saturated carbocycles. The van der Waals surface area contributed by atoms with E-state index < -0.39 is 30.1 Å².